The number of esters is 4. The van der Waals surface area contributed by atoms with Crippen molar-refractivity contribution in [1.82, 2.24) is 0 Å². The Morgan fingerprint density at radius 3 is 1.97 bits per heavy atom. The van der Waals surface area contributed by atoms with Gasteiger partial charge in [-0.15, -0.1) is 0 Å². The molecule has 0 bridgehead atoms. The number of fused-ring (bicyclic) bond motifs is 1. The van der Waals surface area contributed by atoms with Crippen LogP contribution in [0.3, 0.4) is 0 Å². The highest BCUT2D eigenvalue weighted by molar-refractivity contribution is 5.83. The van der Waals surface area contributed by atoms with E-state index in [0.29, 0.717) is 0 Å². The number of hydrogen-bond donors (Lipinski definition) is 1. The van der Waals surface area contributed by atoms with Gasteiger partial charge in [0.25, 0.3) is 5.79 Å². The lowest BCUT2D eigenvalue weighted by Crippen LogP contribution is -2.67. The zero-order valence-corrected chi connectivity index (χ0v) is 19.2. The molecule has 0 amide bonds. The van der Waals surface area contributed by atoms with Crippen LogP contribution in [-0.4, -0.2) is 60.0 Å². The second-order valence-electron chi connectivity index (χ2n) is 7.84. The Balaban J connectivity index is 2.28. The molecule has 1 N–H and O–H groups in total. The van der Waals surface area contributed by atoms with E-state index in [2.05, 4.69) is 0 Å². The average Bonchev–Trinajstić information content (AvgIpc) is 2.76. The van der Waals surface area contributed by atoms with Gasteiger partial charge < -0.3 is 28.8 Å². The van der Waals surface area contributed by atoms with Gasteiger partial charge in [0.15, 0.2) is 12.2 Å². The van der Waals surface area contributed by atoms with Crippen molar-refractivity contribution in [2.45, 2.75) is 57.9 Å². The van der Waals surface area contributed by atoms with Crippen LogP contribution in [0.5, 0.6) is 0 Å². The lowest BCUT2D eigenvalue weighted by Gasteiger charge is -2.50. The van der Waals surface area contributed by atoms with Crippen LogP contribution in [0.25, 0.3) is 10.8 Å². The summed E-state index contributed by atoms with van der Waals surface area (Å²) < 4.78 is 27.9. The van der Waals surface area contributed by atoms with Crippen molar-refractivity contribution in [3.8, 4) is 0 Å². The summed E-state index contributed by atoms with van der Waals surface area (Å²) in [5, 5.41) is 11.7. The van der Waals surface area contributed by atoms with Crippen molar-refractivity contribution >= 4 is 34.6 Å². The number of benzene rings is 2. The summed E-state index contributed by atoms with van der Waals surface area (Å²) in [5.41, 5.74) is 0.254. The van der Waals surface area contributed by atoms with Crippen LogP contribution < -0.4 is 0 Å². The van der Waals surface area contributed by atoms with Gasteiger partial charge in [-0.05, 0) is 16.8 Å². The van der Waals surface area contributed by atoms with Crippen molar-refractivity contribution in [2.75, 3.05) is 6.61 Å². The highest BCUT2D eigenvalue weighted by atomic mass is 16.8. The minimum absolute atomic E-state index is 0.254. The van der Waals surface area contributed by atoms with Crippen LogP contribution in [0.4, 0.5) is 0 Å². The topological polar surface area (TPSA) is 135 Å². The van der Waals surface area contributed by atoms with Crippen LogP contribution >= 0.6 is 0 Å². The van der Waals surface area contributed by atoms with Crippen LogP contribution in [0.15, 0.2) is 42.5 Å². The smallest absolute Gasteiger partial charge is 0.305 e. The minimum Gasteiger partial charge on any atom is -0.456 e. The molecule has 0 saturated carbocycles. The summed E-state index contributed by atoms with van der Waals surface area (Å²) in [7, 11) is 0. The van der Waals surface area contributed by atoms with Gasteiger partial charge in [0.2, 0.25) is 6.10 Å². The maximum atomic E-state index is 12.3. The van der Waals surface area contributed by atoms with E-state index in [4.69, 9.17) is 23.7 Å². The fourth-order valence-electron chi connectivity index (χ4n) is 4.07. The first-order valence-electron chi connectivity index (χ1n) is 10.6. The van der Waals surface area contributed by atoms with Crippen molar-refractivity contribution in [3.05, 3.63) is 48.0 Å². The standard InChI is InChI=1S/C24H26O10/c1-13(26)30-21-20(12-25)34-24(33-16(4)29,23(32-15(3)28)22(21)31-14(2)27)19-10-9-17-7-5-6-8-18(17)11-19/h5-11,20-23,25H,12H2,1-4H3/t20-,21-,22+,23-,24?/m1/s1. The Morgan fingerprint density at radius 1 is 0.824 bits per heavy atom. The zero-order chi connectivity index (χ0) is 25.0. The van der Waals surface area contributed by atoms with Crippen molar-refractivity contribution in [3.63, 3.8) is 0 Å². The summed E-state index contributed by atoms with van der Waals surface area (Å²) >= 11 is 0. The largest absolute Gasteiger partial charge is 0.456 e. The Morgan fingerprint density at radius 2 is 1.41 bits per heavy atom. The normalized spacial score (nSPS) is 26.4. The van der Waals surface area contributed by atoms with Gasteiger partial charge >= 0.3 is 23.9 Å². The summed E-state index contributed by atoms with van der Waals surface area (Å²) in [4.78, 5) is 48.2. The Bertz CT molecular complexity index is 1100. The summed E-state index contributed by atoms with van der Waals surface area (Å²) in [6.45, 7) is 3.78. The first-order valence-corrected chi connectivity index (χ1v) is 10.6. The molecular weight excluding hydrogens is 448 g/mol. The Kier molecular flexibility index (Phi) is 7.53. The molecule has 2 aromatic rings. The number of aliphatic hydroxyl groups excluding tert-OH is 1. The van der Waals surface area contributed by atoms with E-state index in [1.54, 1.807) is 18.2 Å². The zero-order valence-electron chi connectivity index (χ0n) is 19.2. The molecule has 2 aromatic carbocycles. The number of carbonyl (C=O) groups is 4. The molecule has 182 valence electrons. The van der Waals surface area contributed by atoms with Gasteiger partial charge in [-0.25, -0.2) is 0 Å². The van der Waals surface area contributed by atoms with E-state index >= 15 is 0 Å². The van der Waals surface area contributed by atoms with E-state index in [1.165, 1.54) is 0 Å². The van der Waals surface area contributed by atoms with Crippen LogP contribution in [0, 0.1) is 0 Å². The van der Waals surface area contributed by atoms with Gasteiger partial charge in [0.1, 0.15) is 6.10 Å². The second kappa shape index (κ2) is 10.2. The van der Waals surface area contributed by atoms with Crippen molar-refractivity contribution in [1.29, 1.82) is 0 Å². The Labute approximate surface area is 195 Å². The second-order valence-corrected chi connectivity index (χ2v) is 7.84. The van der Waals surface area contributed by atoms with Gasteiger partial charge in [0.05, 0.1) is 6.61 Å². The van der Waals surface area contributed by atoms with E-state index in [9.17, 15) is 24.3 Å². The maximum absolute atomic E-state index is 12.3. The van der Waals surface area contributed by atoms with E-state index in [-0.39, 0.29) is 5.56 Å². The van der Waals surface area contributed by atoms with Crippen molar-refractivity contribution in [2.24, 2.45) is 0 Å². The number of aliphatic hydroxyl groups is 1. The van der Waals surface area contributed by atoms with Crippen LogP contribution in [-0.2, 0) is 48.6 Å². The molecule has 34 heavy (non-hydrogen) atoms. The highest BCUT2D eigenvalue weighted by Gasteiger charge is 2.62. The molecule has 10 heteroatoms. The van der Waals surface area contributed by atoms with Gasteiger partial charge in [-0.1, -0.05) is 36.4 Å². The monoisotopic (exact) mass is 474 g/mol. The molecule has 1 unspecified atom stereocenters. The third kappa shape index (κ3) is 5.18. The number of carbonyl (C=O) groups excluding carboxylic acids is 4. The molecule has 0 aromatic heterocycles. The lowest BCUT2D eigenvalue weighted by molar-refractivity contribution is -0.361. The van der Waals surface area contributed by atoms with Gasteiger partial charge in [-0.2, -0.15) is 0 Å². The molecule has 1 aliphatic rings. The summed E-state index contributed by atoms with van der Waals surface area (Å²) in [5.74, 6) is -5.27. The molecule has 0 spiro atoms. The van der Waals surface area contributed by atoms with Crippen LogP contribution in [0.2, 0.25) is 0 Å². The van der Waals surface area contributed by atoms with Gasteiger partial charge in [-0.3, -0.25) is 19.2 Å². The van der Waals surface area contributed by atoms with E-state index in [0.717, 1.165) is 38.5 Å². The van der Waals surface area contributed by atoms with Crippen molar-refractivity contribution < 1.29 is 48.0 Å². The minimum atomic E-state index is -2.13. The first-order chi connectivity index (χ1) is 16.1. The summed E-state index contributed by atoms with van der Waals surface area (Å²) in [6, 6.07) is 12.4. The van der Waals surface area contributed by atoms with Gasteiger partial charge in [0, 0.05) is 33.3 Å². The molecule has 10 nitrogen and oxygen atoms in total. The molecule has 3 rings (SSSR count). The molecule has 5 atom stereocenters. The fourth-order valence-corrected chi connectivity index (χ4v) is 4.07. The van der Waals surface area contributed by atoms with E-state index < -0.39 is 60.7 Å². The predicted molar refractivity (Wildman–Crippen MR) is 116 cm³/mol. The number of rotatable bonds is 6. The third-order valence-corrected chi connectivity index (χ3v) is 5.21. The number of ether oxygens (including phenoxy) is 5. The fraction of sp³-hybridized carbons (Fsp3) is 0.417. The highest BCUT2D eigenvalue weighted by Crippen LogP contribution is 2.44. The molecule has 1 saturated heterocycles. The first kappa shape index (κ1) is 25.1. The third-order valence-electron chi connectivity index (χ3n) is 5.21. The van der Waals surface area contributed by atoms with Crippen LogP contribution in [0.1, 0.15) is 33.3 Å². The Hall–Kier alpha value is -3.50. The molecule has 1 fully saturated rings. The SMILES string of the molecule is CC(=O)O[C@H]1[C@H](OC(C)=O)[C@@H](CO)OC(OC(C)=O)(c2ccc3ccccc3c2)[C@@H]1OC(C)=O. The maximum Gasteiger partial charge on any atom is 0.305 e. The molecule has 0 aliphatic carbocycles. The molecule has 0 radical (unpaired) electrons. The molecular formula is C24H26O10. The summed E-state index contributed by atoms with van der Waals surface area (Å²) in [6.07, 6.45) is -5.71. The average molecular weight is 474 g/mol. The lowest BCUT2D eigenvalue weighted by atomic mass is 9.86. The van der Waals surface area contributed by atoms with E-state index in [1.807, 2.05) is 24.3 Å². The quantitative estimate of drug-likeness (QED) is 0.487. The molecule has 1 aliphatic heterocycles. The number of hydrogen-bond acceptors (Lipinski definition) is 10. The predicted octanol–water partition coefficient (Wildman–Crippen LogP) is 1.74. The molecule has 1 heterocycles.